The Morgan fingerprint density at radius 3 is 0.792 bits per heavy atom. The fourth-order valence-electron chi connectivity index (χ4n) is 7.61. The lowest BCUT2D eigenvalue weighted by atomic mass is 10.1. The summed E-state index contributed by atoms with van der Waals surface area (Å²) in [5, 5.41) is 0. The Morgan fingerprint density at radius 1 is 0.278 bits per heavy atom. The van der Waals surface area contributed by atoms with Crippen molar-refractivity contribution in [1.82, 2.24) is 0 Å². The van der Waals surface area contributed by atoms with Gasteiger partial charge in [-0.05, 0) is 128 Å². The molecule has 0 aliphatic rings. The highest BCUT2D eigenvalue weighted by Crippen LogP contribution is 2.14. The molecule has 0 saturated carbocycles. The number of carbonyl (C=O) groups is 3. The van der Waals surface area contributed by atoms with Crippen LogP contribution in [0.3, 0.4) is 0 Å². The molecule has 1 unspecified atom stereocenters. The van der Waals surface area contributed by atoms with Crippen molar-refractivity contribution in [3.63, 3.8) is 0 Å². The third-order valence-corrected chi connectivity index (χ3v) is 11.9. The van der Waals surface area contributed by atoms with Gasteiger partial charge < -0.3 is 14.2 Å². The van der Waals surface area contributed by atoms with Gasteiger partial charge in [-0.1, -0.05) is 231 Å². The quantitative estimate of drug-likeness (QED) is 0.0261. The number of hydrogen-bond acceptors (Lipinski definition) is 6. The Balaban J connectivity index is 4.49. The maximum Gasteiger partial charge on any atom is 0.306 e. The molecule has 0 bridgehead atoms. The normalized spacial score (nSPS) is 13.1. The highest BCUT2D eigenvalue weighted by atomic mass is 16.6. The topological polar surface area (TPSA) is 78.9 Å². The average molecular weight is 996 g/mol. The first kappa shape index (κ1) is 67.5. The second-order valence-corrected chi connectivity index (χ2v) is 18.8. The number of rotatable bonds is 51. The fraction of sp³-hybridized carbons (Fsp3) is 0.621. The van der Waals surface area contributed by atoms with Gasteiger partial charge in [0.1, 0.15) is 13.2 Å². The summed E-state index contributed by atoms with van der Waals surface area (Å²) in [5.74, 6) is -0.955. The summed E-state index contributed by atoms with van der Waals surface area (Å²) in [6, 6.07) is 0. The summed E-state index contributed by atoms with van der Waals surface area (Å²) in [5.41, 5.74) is 0. The summed E-state index contributed by atoms with van der Waals surface area (Å²) >= 11 is 0. The standard InChI is InChI=1S/C66H106O6/c1-4-7-10-13-16-19-22-25-28-31-33-35-38-41-44-47-50-53-56-59-65(68)71-62-63(61-70-64(67)58-55-52-49-46-43-40-37-30-27-24-21-18-15-12-9-6-3)72-66(69)60-57-54-51-48-45-42-39-36-34-32-29-26-23-20-17-14-11-8-5-2/h7-12,16-21,25-30,33,35,40,43,63H,4-6,13-15,22-24,31-32,34,36-39,41-42,44-62H2,1-3H3/b10-7-,11-8-,12-9-,19-16-,20-17-,21-18-,28-25-,29-26-,30-27-,35-33-,43-40-. The zero-order chi connectivity index (χ0) is 52.2. The minimum absolute atomic E-state index is 0.102. The molecule has 406 valence electrons. The highest BCUT2D eigenvalue weighted by Gasteiger charge is 2.19. The number of ether oxygens (including phenoxy) is 3. The van der Waals surface area contributed by atoms with Crippen LogP contribution in [0.1, 0.15) is 245 Å². The van der Waals surface area contributed by atoms with E-state index in [9.17, 15) is 14.4 Å². The van der Waals surface area contributed by atoms with Crippen molar-refractivity contribution >= 4 is 17.9 Å². The minimum atomic E-state index is -0.806. The lowest BCUT2D eigenvalue weighted by Crippen LogP contribution is -2.30. The lowest BCUT2D eigenvalue weighted by Gasteiger charge is -2.18. The van der Waals surface area contributed by atoms with Crippen LogP contribution in [0.4, 0.5) is 0 Å². The lowest BCUT2D eigenvalue weighted by molar-refractivity contribution is -0.167. The van der Waals surface area contributed by atoms with Gasteiger partial charge in [0.2, 0.25) is 0 Å². The molecule has 0 N–H and O–H groups in total. The Morgan fingerprint density at radius 2 is 0.500 bits per heavy atom. The van der Waals surface area contributed by atoms with E-state index in [0.717, 1.165) is 154 Å². The molecule has 0 amide bonds. The summed E-state index contributed by atoms with van der Waals surface area (Å²) in [6.07, 6.45) is 82.9. The van der Waals surface area contributed by atoms with Crippen molar-refractivity contribution in [2.75, 3.05) is 13.2 Å². The predicted molar refractivity (Wildman–Crippen MR) is 311 cm³/mol. The third-order valence-electron chi connectivity index (χ3n) is 11.9. The van der Waals surface area contributed by atoms with Crippen molar-refractivity contribution in [2.24, 2.45) is 0 Å². The molecule has 0 aliphatic carbocycles. The van der Waals surface area contributed by atoms with E-state index < -0.39 is 6.10 Å². The van der Waals surface area contributed by atoms with Crippen LogP contribution in [-0.4, -0.2) is 37.2 Å². The zero-order valence-corrected chi connectivity index (χ0v) is 46.4. The second-order valence-electron chi connectivity index (χ2n) is 18.8. The molecular weight excluding hydrogens is 889 g/mol. The summed E-state index contributed by atoms with van der Waals surface area (Å²) in [6.45, 7) is 6.26. The Labute approximate surface area is 443 Å². The molecule has 0 radical (unpaired) electrons. The van der Waals surface area contributed by atoms with Gasteiger partial charge in [0.25, 0.3) is 0 Å². The molecular formula is C66H106O6. The summed E-state index contributed by atoms with van der Waals surface area (Å²) in [4.78, 5) is 38.2. The van der Waals surface area contributed by atoms with Gasteiger partial charge in [-0.15, -0.1) is 0 Å². The maximum absolute atomic E-state index is 12.9. The largest absolute Gasteiger partial charge is 0.462 e. The van der Waals surface area contributed by atoms with Gasteiger partial charge in [0.15, 0.2) is 6.10 Å². The molecule has 0 saturated heterocycles. The zero-order valence-electron chi connectivity index (χ0n) is 46.4. The molecule has 72 heavy (non-hydrogen) atoms. The molecule has 0 rings (SSSR count). The maximum atomic E-state index is 12.9. The molecule has 6 nitrogen and oxygen atoms in total. The Hall–Kier alpha value is -4.45. The van der Waals surface area contributed by atoms with Crippen LogP contribution < -0.4 is 0 Å². The molecule has 0 heterocycles. The molecule has 0 aromatic carbocycles. The summed E-state index contributed by atoms with van der Waals surface area (Å²) < 4.78 is 16.9. The van der Waals surface area contributed by atoms with Crippen LogP contribution in [0.25, 0.3) is 0 Å². The van der Waals surface area contributed by atoms with Crippen molar-refractivity contribution in [3.8, 4) is 0 Å². The Kier molecular flexibility index (Phi) is 55.5. The van der Waals surface area contributed by atoms with Crippen molar-refractivity contribution in [3.05, 3.63) is 134 Å². The van der Waals surface area contributed by atoms with Crippen LogP contribution >= 0.6 is 0 Å². The van der Waals surface area contributed by atoms with E-state index in [1.807, 2.05) is 0 Å². The van der Waals surface area contributed by atoms with Crippen LogP contribution in [0.15, 0.2) is 134 Å². The van der Waals surface area contributed by atoms with Crippen LogP contribution in [0.5, 0.6) is 0 Å². The first-order valence-electron chi connectivity index (χ1n) is 29.2. The van der Waals surface area contributed by atoms with E-state index in [4.69, 9.17) is 14.2 Å². The number of unbranched alkanes of at least 4 members (excludes halogenated alkanes) is 18. The second kappa shape index (κ2) is 59.1. The van der Waals surface area contributed by atoms with Gasteiger partial charge in [-0.3, -0.25) is 14.4 Å². The van der Waals surface area contributed by atoms with Gasteiger partial charge in [-0.25, -0.2) is 0 Å². The number of carbonyl (C=O) groups excluding carboxylic acids is 3. The van der Waals surface area contributed by atoms with Gasteiger partial charge in [0.05, 0.1) is 0 Å². The van der Waals surface area contributed by atoms with E-state index in [1.165, 1.54) is 51.4 Å². The first-order valence-corrected chi connectivity index (χ1v) is 29.2. The van der Waals surface area contributed by atoms with Crippen LogP contribution in [0, 0.1) is 0 Å². The SMILES string of the molecule is CC/C=C\C/C=C\C/C=C\C/C=C\CCCCCCCCC(=O)OCC(COC(=O)CCCCC/C=C\C/C=C\C/C=C\C/C=C\CC)OC(=O)CCCCCCCCCCC/C=C\C/C=C\C/C=C\CC. The third kappa shape index (κ3) is 56.5. The first-order chi connectivity index (χ1) is 35.5. The number of allylic oxidation sites excluding steroid dienone is 22. The molecule has 0 spiro atoms. The number of esters is 3. The van der Waals surface area contributed by atoms with Crippen LogP contribution in [0.2, 0.25) is 0 Å². The van der Waals surface area contributed by atoms with E-state index in [2.05, 4.69) is 154 Å². The van der Waals surface area contributed by atoms with Gasteiger partial charge in [-0.2, -0.15) is 0 Å². The fourth-order valence-corrected chi connectivity index (χ4v) is 7.61. The van der Waals surface area contributed by atoms with E-state index in [1.54, 1.807) is 0 Å². The Bertz CT molecular complexity index is 1560. The molecule has 1 atom stereocenters. The smallest absolute Gasteiger partial charge is 0.306 e. The van der Waals surface area contributed by atoms with Crippen molar-refractivity contribution < 1.29 is 28.6 Å². The molecule has 6 heteroatoms. The molecule has 0 fully saturated rings. The predicted octanol–water partition coefficient (Wildman–Crippen LogP) is 19.8. The van der Waals surface area contributed by atoms with Crippen molar-refractivity contribution in [1.29, 1.82) is 0 Å². The monoisotopic (exact) mass is 995 g/mol. The average Bonchev–Trinajstić information content (AvgIpc) is 3.38. The molecule has 0 aromatic heterocycles. The van der Waals surface area contributed by atoms with E-state index >= 15 is 0 Å². The van der Waals surface area contributed by atoms with Crippen LogP contribution in [-0.2, 0) is 28.6 Å². The molecule has 0 aliphatic heterocycles. The minimum Gasteiger partial charge on any atom is -0.462 e. The van der Waals surface area contributed by atoms with Crippen molar-refractivity contribution in [2.45, 2.75) is 252 Å². The van der Waals surface area contributed by atoms with Gasteiger partial charge >= 0.3 is 17.9 Å². The van der Waals surface area contributed by atoms with Gasteiger partial charge in [0, 0.05) is 19.3 Å². The van der Waals surface area contributed by atoms with E-state index in [-0.39, 0.29) is 31.1 Å². The van der Waals surface area contributed by atoms with E-state index in [0.29, 0.717) is 19.3 Å². The molecule has 0 aromatic rings. The highest BCUT2D eigenvalue weighted by molar-refractivity contribution is 5.71. The number of hydrogen-bond donors (Lipinski definition) is 0. The summed E-state index contributed by atoms with van der Waals surface area (Å²) in [7, 11) is 0.